The first-order valence-electron chi connectivity index (χ1n) is 13.8. The number of aliphatic hydroxyl groups excluding tert-OH is 1. The number of anilines is 2. The first-order chi connectivity index (χ1) is 17.0. The second-order valence-corrected chi connectivity index (χ2v) is 10.7. The number of hydrogen-bond acceptors (Lipinski definition) is 8. The maximum Gasteiger partial charge on any atom is 0.256 e. The topological polar surface area (TPSA) is 106 Å². The zero-order chi connectivity index (χ0) is 24.6. The molecule has 1 saturated carbocycles. The largest absolute Gasteiger partial charge is 0.393 e. The first-order valence-corrected chi connectivity index (χ1v) is 13.8. The van der Waals surface area contributed by atoms with Gasteiger partial charge in [0.25, 0.3) is 5.91 Å². The van der Waals surface area contributed by atoms with Gasteiger partial charge < -0.3 is 30.9 Å². The number of aliphatic hydroxyl groups is 1. The Morgan fingerprint density at radius 1 is 1.03 bits per heavy atom. The van der Waals surface area contributed by atoms with Crippen LogP contribution in [0.2, 0.25) is 0 Å². The van der Waals surface area contributed by atoms with E-state index in [2.05, 4.69) is 49.7 Å². The molecular formula is C26H45N7O2. The molecule has 0 aromatic carbocycles. The fourth-order valence-electron chi connectivity index (χ4n) is 5.57. The summed E-state index contributed by atoms with van der Waals surface area (Å²) in [6.07, 6.45) is 11.4. The fraction of sp³-hybridized carbons (Fsp3) is 0.808. The van der Waals surface area contributed by atoms with Gasteiger partial charge in [0.15, 0.2) is 0 Å². The van der Waals surface area contributed by atoms with E-state index in [9.17, 15) is 9.90 Å². The van der Waals surface area contributed by atoms with Crippen molar-refractivity contribution in [3.63, 3.8) is 0 Å². The van der Waals surface area contributed by atoms with Gasteiger partial charge in [-0.2, -0.15) is 4.98 Å². The second-order valence-electron chi connectivity index (χ2n) is 10.7. The maximum atomic E-state index is 13.3. The molecule has 0 spiro atoms. The highest BCUT2D eigenvalue weighted by atomic mass is 16.3. The molecule has 2 aliphatic heterocycles. The summed E-state index contributed by atoms with van der Waals surface area (Å²) in [4.78, 5) is 27.5. The van der Waals surface area contributed by atoms with Crippen molar-refractivity contribution >= 4 is 17.7 Å². The molecule has 3 heterocycles. The predicted molar refractivity (Wildman–Crippen MR) is 140 cm³/mol. The molecule has 0 bridgehead atoms. The molecule has 196 valence electrons. The number of aromatic nitrogens is 2. The summed E-state index contributed by atoms with van der Waals surface area (Å²) in [7, 11) is 2.20. The summed E-state index contributed by atoms with van der Waals surface area (Å²) in [6, 6.07) is 1.08. The third kappa shape index (κ3) is 7.51. The highest BCUT2D eigenvalue weighted by Crippen LogP contribution is 2.25. The molecule has 2 saturated heterocycles. The van der Waals surface area contributed by atoms with Crippen molar-refractivity contribution in [2.24, 2.45) is 0 Å². The lowest BCUT2D eigenvalue weighted by molar-refractivity contribution is 0.0807. The molecule has 1 aliphatic carbocycles. The number of nitrogens with zero attached hydrogens (tertiary/aromatic N) is 4. The van der Waals surface area contributed by atoms with Crippen molar-refractivity contribution in [3.8, 4) is 0 Å². The molecule has 0 atom stereocenters. The van der Waals surface area contributed by atoms with Crippen LogP contribution < -0.4 is 16.0 Å². The molecule has 9 nitrogen and oxygen atoms in total. The summed E-state index contributed by atoms with van der Waals surface area (Å²) >= 11 is 0. The summed E-state index contributed by atoms with van der Waals surface area (Å²) in [5, 5.41) is 19.9. The summed E-state index contributed by atoms with van der Waals surface area (Å²) in [5.41, 5.74) is 0.509. The minimum Gasteiger partial charge on any atom is -0.393 e. The number of hydrogen-bond donors (Lipinski definition) is 4. The molecule has 4 N–H and O–H groups in total. The van der Waals surface area contributed by atoms with Crippen molar-refractivity contribution < 1.29 is 9.90 Å². The Hall–Kier alpha value is -1.97. The number of rotatable bonds is 9. The minimum absolute atomic E-state index is 0.0961. The Bertz CT molecular complexity index is 799. The molecule has 1 aromatic heterocycles. The number of amides is 1. The van der Waals surface area contributed by atoms with Crippen LogP contribution in [0.5, 0.6) is 0 Å². The molecule has 4 rings (SSSR count). The van der Waals surface area contributed by atoms with Gasteiger partial charge in [-0.3, -0.25) is 4.79 Å². The van der Waals surface area contributed by atoms with E-state index in [0.717, 1.165) is 71.0 Å². The smallest absolute Gasteiger partial charge is 0.256 e. The summed E-state index contributed by atoms with van der Waals surface area (Å²) in [5.74, 6) is 1.06. The van der Waals surface area contributed by atoms with Crippen molar-refractivity contribution in [1.82, 2.24) is 25.1 Å². The van der Waals surface area contributed by atoms with Crippen LogP contribution in [-0.2, 0) is 0 Å². The molecule has 0 unspecified atom stereocenters. The van der Waals surface area contributed by atoms with Crippen LogP contribution in [0, 0.1) is 0 Å². The Labute approximate surface area is 210 Å². The van der Waals surface area contributed by atoms with Crippen molar-refractivity contribution in [1.29, 1.82) is 0 Å². The van der Waals surface area contributed by atoms with Gasteiger partial charge in [-0.25, -0.2) is 4.98 Å². The maximum absolute atomic E-state index is 13.3. The lowest BCUT2D eigenvalue weighted by atomic mass is 9.93. The monoisotopic (exact) mass is 487 g/mol. The van der Waals surface area contributed by atoms with Gasteiger partial charge in [0.05, 0.1) is 6.10 Å². The molecule has 9 heteroatoms. The molecule has 3 aliphatic rings. The SMILES string of the molecule is CCCCNc1ncc(C(=O)NC2CCN(C3CCN(C)CC3)CC2)c(N[C@H]2CC[C@H](O)CC2)n1. The number of carbonyl (C=O) groups is 1. The van der Waals surface area contributed by atoms with Gasteiger partial charge in [-0.05, 0) is 77.9 Å². The molecule has 0 radical (unpaired) electrons. The zero-order valence-corrected chi connectivity index (χ0v) is 21.6. The third-order valence-electron chi connectivity index (χ3n) is 7.95. The van der Waals surface area contributed by atoms with Crippen LogP contribution in [0.1, 0.15) is 81.5 Å². The number of piperidine rings is 2. The number of nitrogens with one attached hydrogen (secondary N) is 3. The van der Waals surface area contributed by atoms with Crippen LogP contribution in [0.15, 0.2) is 6.20 Å². The van der Waals surface area contributed by atoms with Crippen LogP contribution in [0.25, 0.3) is 0 Å². The normalized spacial score (nSPS) is 25.3. The fourth-order valence-corrected chi connectivity index (χ4v) is 5.57. The lowest BCUT2D eigenvalue weighted by Crippen LogP contribution is -2.50. The van der Waals surface area contributed by atoms with Gasteiger partial charge in [-0.15, -0.1) is 0 Å². The molecular weight excluding hydrogens is 442 g/mol. The lowest BCUT2D eigenvalue weighted by Gasteiger charge is -2.41. The number of likely N-dealkylation sites (tertiary alicyclic amines) is 2. The average molecular weight is 488 g/mol. The van der Waals surface area contributed by atoms with Gasteiger partial charge in [0.1, 0.15) is 11.4 Å². The van der Waals surface area contributed by atoms with Crippen molar-refractivity contribution in [3.05, 3.63) is 11.8 Å². The quantitative estimate of drug-likeness (QED) is 0.394. The number of unbranched alkanes of at least 4 members (excludes halogenated alkanes) is 1. The van der Waals surface area contributed by atoms with E-state index in [4.69, 9.17) is 0 Å². The molecule has 1 aromatic rings. The van der Waals surface area contributed by atoms with Crippen LogP contribution in [-0.4, -0.2) is 94.8 Å². The van der Waals surface area contributed by atoms with E-state index in [1.165, 1.54) is 25.9 Å². The van der Waals surface area contributed by atoms with Crippen molar-refractivity contribution in [2.45, 2.75) is 95.4 Å². The van der Waals surface area contributed by atoms with E-state index in [0.29, 0.717) is 23.4 Å². The molecule has 1 amide bonds. The highest BCUT2D eigenvalue weighted by molar-refractivity contribution is 5.98. The van der Waals surface area contributed by atoms with Gasteiger partial charge in [0, 0.05) is 44.0 Å². The second kappa shape index (κ2) is 12.8. The van der Waals surface area contributed by atoms with Crippen LogP contribution in [0.3, 0.4) is 0 Å². The van der Waals surface area contributed by atoms with Gasteiger partial charge >= 0.3 is 0 Å². The van der Waals surface area contributed by atoms with Gasteiger partial charge in [-0.1, -0.05) is 13.3 Å². The van der Waals surface area contributed by atoms with E-state index in [-0.39, 0.29) is 24.1 Å². The van der Waals surface area contributed by atoms with Gasteiger partial charge in [0.2, 0.25) is 5.95 Å². The highest BCUT2D eigenvalue weighted by Gasteiger charge is 2.29. The van der Waals surface area contributed by atoms with Crippen LogP contribution >= 0.6 is 0 Å². The minimum atomic E-state index is -0.215. The standard InChI is InChI=1S/C26H45N7O2/c1-3-4-13-27-26-28-18-23(24(31-26)29-19-5-7-22(34)8-6-19)25(35)30-20-9-16-33(17-10-20)21-11-14-32(2)15-12-21/h18-22,34H,3-17H2,1-2H3,(H,30,35)(H2,27,28,29,31)/t19-,22-. The molecule has 35 heavy (non-hydrogen) atoms. The Morgan fingerprint density at radius 3 is 2.43 bits per heavy atom. The summed E-state index contributed by atoms with van der Waals surface area (Å²) in [6.45, 7) is 7.42. The predicted octanol–water partition coefficient (Wildman–Crippen LogP) is 2.69. The molecule has 3 fully saturated rings. The zero-order valence-electron chi connectivity index (χ0n) is 21.6. The number of carbonyl (C=O) groups excluding carboxylic acids is 1. The summed E-state index contributed by atoms with van der Waals surface area (Å²) < 4.78 is 0. The Balaban J connectivity index is 1.35. The van der Waals surface area contributed by atoms with E-state index in [1.54, 1.807) is 6.20 Å². The average Bonchev–Trinajstić information content (AvgIpc) is 2.87. The van der Waals surface area contributed by atoms with E-state index in [1.807, 2.05) is 0 Å². The van der Waals surface area contributed by atoms with Crippen molar-refractivity contribution in [2.75, 3.05) is 50.4 Å². The first kappa shape index (κ1) is 26.1. The Morgan fingerprint density at radius 2 is 1.74 bits per heavy atom. The van der Waals surface area contributed by atoms with Crippen LogP contribution in [0.4, 0.5) is 11.8 Å². The third-order valence-corrected chi connectivity index (χ3v) is 7.95. The van der Waals surface area contributed by atoms with E-state index < -0.39 is 0 Å². The van der Waals surface area contributed by atoms with E-state index >= 15 is 0 Å². The Kier molecular flexibility index (Phi) is 9.57.